The highest BCUT2D eigenvalue weighted by molar-refractivity contribution is 5.69. The molecule has 0 unspecified atom stereocenters. The first-order valence-corrected chi connectivity index (χ1v) is 9.97. The van der Waals surface area contributed by atoms with Crippen molar-refractivity contribution in [3.63, 3.8) is 0 Å². The summed E-state index contributed by atoms with van der Waals surface area (Å²) in [6.07, 6.45) is 8.00. The maximum Gasteiger partial charge on any atom is 0.305 e. The molecule has 0 N–H and O–H groups in total. The number of carbonyl (C=O) groups is 1. The van der Waals surface area contributed by atoms with Gasteiger partial charge in [-0.25, -0.2) is 0 Å². The summed E-state index contributed by atoms with van der Waals surface area (Å²) < 4.78 is 6.06. The molecule has 0 aromatic heterocycles. The molecular weight excluding hydrogens is 348 g/mol. The van der Waals surface area contributed by atoms with Crippen LogP contribution in [0, 0.1) is 0 Å². The number of rotatable bonds is 5. The number of esters is 1. The third-order valence-electron chi connectivity index (χ3n) is 6.08. The average molecular weight is 381 g/mol. The van der Waals surface area contributed by atoms with Crippen LogP contribution in [0.25, 0.3) is 0 Å². The Morgan fingerprint density at radius 2 is 1.62 bits per heavy atom. The Hall–Kier alpha value is -1.26. The van der Waals surface area contributed by atoms with E-state index in [1.807, 2.05) is 0 Å². The molecule has 26 heavy (non-hydrogen) atoms. The first-order chi connectivity index (χ1) is 12.2. The first-order valence-electron chi connectivity index (χ1n) is 9.97. The molecule has 2 aliphatic rings. The minimum Gasteiger partial charge on any atom is -1.00 e. The monoisotopic (exact) mass is 380 g/mol. The number of halogens is 1. The molecule has 2 saturated heterocycles. The maximum atomic E-state index is 11.2. The number of methoxy groups -OCH3 is 1. The fourth-order valence-corrected chi connectivity index (χ4v) is 4.37. The van der Waals surface area contributed by atoms with Gasteiger partial charge in [0.1, 0.15) is 0 Å². The van der Waals surface area contributed by atoms with E-state index in [-0.39, 0.29) is 18.4 Å². The topological polar surface area (TPSA) is 29.5 Å². The average Bonchev–Trinajstić information content (AvgIpc) is 2.88. The van der Waals surface area contributed by atoms with Crippen LogP contribution in [-0.2, 0) is 16.0 Å². The number of hydrogen-bond donors (Lipinski definition) is 0. The van der Waals surface area contributed by atoms with Gasteiger partial charge in [-0.15, -0.1) is 0 Å². The van der Waals surface area contributed by atoms with Crippen molar-refractivity contribution in [1.29, 1.82) is 0 Å². The van der Waals surface area contributed by atoms with E-state index in [1.54, 1.807) is 0 Å². The van der Waals surface area contributed by atoms with Crippen molar-refractivity contribution in [3.05, 3.63) is 29.8 Å². The molecule has 0 saturated carbocycles. The van der Waals surface area contributed by atoms with Gasteiger partial charge in [0.2, 0.25) is 0 Å². The van der Waals surface area contributed by atoms with Crippen LogP contribution in [0.15, 0.2) is 24.3 Å². The quantitative estimate of drug-likeness (QED) is 0.547. The number of quaternary nitrogens is 1. The molecule has 2 fully saturated rings. The number of anilines is 1. The predicted octanol–water partition coefficient (Wildman–Crippen LogP) is 0.397. The summed E-state index contributed by atoms with van der Waals surface area (Å²) in [6, 6.07) is 8.95. The highest BCUT2D eigenvalue weighted by Crippen LogP contribution is 2.24. The molecule has 0 atom stereocenters. The number of benzene rings is 1. The molecule has 146 valence electrons. The fraction of sp³-hybridized carbons (Fsp3) is 0.667. The van der Waals surface area contributed by atoms with Crippen LogP contribution in [0.2, 0.25) is 0 Å². The number of hydrogen-bond acceptors (Lipinski definition) is 3. The molecule has 1 aromatic carbocycles. The molecule has 1 spiro atoms. The Labute approximate surface area is 164 Å². The number of carbonyl (C=O) groups excluding carboxylic acids is 1. The van der Waals surface area contributed by atoms with E-state index in [2.05, 4.69) is 29.2 Å². The van der Waals surface area contributed by atoms with Gasteiger partial charge in [0.25, 0.3) is 0 Å². The molecule has 3 rings (SSSR count). The molecule has 0 amide bonds. The van der Waals surface area contributed by atoms with Crippen LogP contribution < -0.4 is 17.3 Å². The Balaban J connectivity index is 0.00000243. The summed E-state index contributed by atoms with van der Waals surface area (Å²) >= 11 is 0. The smallest absolute Gasteiger partial charge is 0.305 e. The third kappa shape index (κ3) is 5.62. The minimum atomic E-state index is -0.115. The second-order valence-corrected chi connectivity index (χ2v) is 7.73. The summed E-state index contributed by atoms with van der Waals surface area (Å²) in [4.78, 5) is 13.7. The lowest BCUT2D eigenvalue weighted by molar-refractivity contribution is -0.927. The van der Waals surface area contributed by atoms with Crippen LogP contribution in [0.5, 0.6) is 0 Å². The van der Waals surface area contributed by atoms with Crippen molar-refractivity contribution in [3.8, 4) is 0 Å². The van der Waals surface area contributed by atoms with Gasteiger partial charge in [0.15, 0.2) is 0 Å². The second-order valence-electron chi connectivity index (χ2n) is 7.73. The summed E-state index contributed by atoms with van der Waals surface area (Å²) in [7, 11) is 1.45. The van der Waals surface area contributed by atoms with Crippen LogP contribution in [-0.4, -0.2) is 56.8 Å². The zero-order valence-electron chi connectivity index (χ0n) is 16.1. The molecule has 4 nitrogen and oxygen atoms in total. The van der Waals surface area contributed by atoms with Gasteiger partial charge in [-0.1, -0.05) is 12.1 Å². The van der Waals surface area contributed by atoms with Gasteiger partial charge < -0.3 is 26.5 Å². The lowest BCUT2D eigenvalue weighted by Gasteiger charge is -2.45. The Kier molecular flexibility index (Phi) is 8.23. The largest absolute Gasteiger partial charge is 1.00 e. The van der Waals surface area contributed by atoms with Crippen molar-refractivity contribution in [2.75, 3.05) is 51.3 Å². The zero-order valence-corrected chi connectivity index (χ0v) is 16.8. The Morgan fingerprint density at radius 3 is 2.19 bits per heavy atom. The summed E-state index contributed by atoms with van der Waals surface area (Å²) in [6.45, 7) is 7.77. The summed E-state index contributed by atoms with van der Waals surface area (Å²) in [5, 5.41) is 0. The number of ether oxygens (including phenoxy) is 1. The van der Waals surface area contributed by atoms with Crippen molar-refractivity contribution in [2.45, 2.75) is 44.9 Å². The lowest BCUT2D eigenvalue weighted by Crippen LogP contribution is -3.00. The van der Waals surface area contributed by atoms with E-state index in [1.165, 1.54) is 87.8 Å². The maximum absolute atomic E-state index is 11.2. The summed E-state index contributed by atoms with van der Waals surface area (Å²) in [5.41, 5.74) is 2.66. The normalized spacial score (nSPS) is 19.5. The van der Waals surface area contributed by atoms with Crippen molar-refractivity contribution in [1.82, 2.24) is 0 Å². The van der Waals surface area contributed by atoms with Gasteiger partial charge in [-0.3, -0.25) is 4.79 Å². The molecule has 0 bridgehead atoms. The van der Waals surface area contributed by atoms with Crippen LogP contribution in [0.3, 0.4) is 0 Å². The van der Waals surface area contributed by atoms with E-state index < -0.39 is 0 Å². The van der Waals surface area contributed by atoms with Crippen LogP contribution >= 0.6 is 0 Å². The van der Waals surface area contributed by atoms with Gasteiger partial charge in [0.05, 0.1) is 46.4 Å². The first kappa shape index (κ1) is 21.0. The number of piperazine rings is 1. The summed E-state index contributed by atoms with van der Waals surface area (Å²) in [5.74, 6) is -0.115. The SMILES string of the molecule is COC(=O)CCCc1ccc(N2CC[N+]3(CCCCCC3)CC2)cc1.[Cl-]. The molecule has 5 heteroatoms. The lowest BCUT2D eigenvalue weighted by atomic mass is 10.1. The Bertz CT molecular complexity index is 544. The minimum absolute atomic E-state index is 0. The second kappa shape index (κ2) is 10.2. The van der Waals surface area contributed by atoms with Gasteiger partial charge in [0, 0.05) is 12.1 Å². The molecule has 0 aliphatic carbocycles. The zero-order chi connectivity index (χ0) is 17.5. The van der Waals surface area contributed by atoms with Crippen LogP contribution in [0.1, 0.15) is 44.1 Å². The van der Waals surface area contributed by atoms with Crippen molar-refractivity contribution < 1.29 is 26.4 Å². The van der Waals surface area contributed by atoms with E-state index in [4.69, 9.17) is 4.74 Å². The standard InChI is InChI=1S/C21H33N2O2.ClH/c1-25-21(24)8-6-7-19-9-11-20(12-10-19)22-13-17-23(18-14-22)15-4-2-3-5-16-23;/h9-12H,2-8,13-18H2,1H3;1H/q+1;/p-1. The molecular formula is C21H33ClN2O2. The number of nitrogens with zero attached hydrogens (tertiary/aromatic N) is 2. The van der Waals surface area contributed by atoms with Crippen molar-refractivity contribution in [2.24, 2.45) is 0 Å². The fourth-order valence-electron chi connectivity index (χ4n) is 4.37. The highest BCUT2D eigenvalue weighted by Gasteiger charge is 2.33. The van der Waals surface area contributed by atoms with E-state index in [0.29, 0.717) is 6.42 Å². The Morgan fingerprint density at radius 1 is 1.00 bits per heavy atom. The number of aryl methyl sites for hydroxylation is 1. The molecule has 1 aromatic rings. The van der Waals surface area contributed by atoms with Gasteiger partial charge in [-0.2, -0.15) is 0 Å². The van der Waals surface area contributed by atoms with Gasteiger partial charge in [-0.05, 0) is 56.2 Å². The molecule has 2 heterocycles. The van der Waals surface area contributed by atoms with Gasteiger partial charge >= 0.3 is 5.97 Å². The predicted molar refractivity (Wildman–Crippen MR) is 102 cm³/mol. The molecule has 0 radical (unpaired) electrons. The van der Waals surface area contributed by atoms with E-state index >= 15 is 0 Å². The van der Waals surface area contributed by atoms with Crippen molar-refractivity contribution >= 4 is 11.7 Å². The highest BCUT2D eigenvalue weighted by atomic mass is 35.5. The van der Waals surface area contributed by atoms with E-state index in [0.717, 1.165) is 12.8 Å². The molecule has 2 aliphatic heterocycles. The van der Waals surface area contributed by atoms with E-state index in [9.17, 15) is 4.79 Å². The van der Waals surface area contributed by atoms with Crippen LogP contribution in [0.4, 0.5) is 5.69 Å². The third-order valence-corrected chi connectivity index (χ3v) is 6.08.